The first-order valence-electron chi connectivity index (χ1n) is 8.85. The van der Waals surface area contributed by atoms with Crippen LogP contribution in [0.1, 0.15) is 13.8 Å². The van der Waals surface area contributed by atoms with Crippen molar-refractivity contribution in [3.8, 4) is 11.5 Å². The Morgan fingerprint density at radius 3 is 1.97 bits per heavy atom. The molecular formula is C20H24N2O6S2. The van der Waals surface area contributed by atoms with Gasteiger partial charge in [0.2, 0.25) is 6.41 Å². The van der Waals surface area contributed by atoms with Gasteiger partial charge in [0.25, 0.3) is 10.0 Å². The number of rotatable bonds is 10. The predicted molar refractivity (Wildman–Crippen MR) is 115 cm³/mol. The maximum absolute atomic E-state index is 12.8. The molecule has 0 aliphatic rings. The first-order chi connectivity index (χ1) is 14.1. The molecule has 1 atom stereocenters. The lowest BCUT2D eigenvalue weighted by atomic mass is 9.96. The van der Waals surface area contributed by atoms with Gasteiger partial charge in [-0.3, -0.25) is 4.79 Å². The van der Waals surface area contributed by atoms with Gasteiger partial charge in [-0.1, -0.05) is 13.8 Å². The number of benzene rings is 2. The van der Waals surface area contributed by atoms with Crippen molar-refractivity contribution in [2.75, 3.05) is 20.8 Å². The molecule has 0 aromatic heterocycles. The van der Waals surface area contributed by atoms with Gasteiger partial charge in [-0.2, -0.15) is 4.40 Å². The van der Waals surface area contributed by atoms with E-state index in [9.17, 15) is 17.4 Å². The predicted octanol–water partition coefficient (Wildman–Crippen LogP) is 2.67. The van der Waals surface area contributed by atoms with E-state index in [1.54, 1.807) is 38.1 Å². The number of amides is 1. The summed E-state index contributed by atoms with van der Waals surface area (Å²) in [4.78, 5) is 12.0. The highest BCUT2D eigenvalue weighted by Gasteiger charge is 2.29. The van der Waals surface area contributed by atoms with Crippen LogP contribution in [0.5, 0.6) is 11.5 Å². The third-order valence-electron chi connectivity index (χ3n) is 4.11. The van der Waals surface area contributed by atoms with E-state index in [0.717, 1.165) is 0 Å². The summed E-state index contributed by atoms with van der Waals surface area (Å²) in [5.41, 5.74) is -0.859. The maximum Gasteiger partial charge on any atom is 0.266 e. The van der Waals surface area contributed by atoms with E-state index in [-0.39, 0.29) is 17.9 Å². The Hall–Kier alpha value is -2.72. The zero-order chi connectivity index (χ0) is 22.4. The molecule has 0 fully saturated rings. The minimum Gasteiger partial charge on any atom is -0.497 e. The number of hydrogen-bond acceptors (Lipinski definition) is 6. The molecule has 10 heteroatoms. The van der Waals surface area contributed by atoms with Gasteiger partial charge < -0.3 is 9.47 Å². The lowest BCUT2D eigenvalue weighted by Gasteiger charge is -2.26. The average Bonchev–Trinajstić information content (AvgIpc) is 2.75. The van der Waals surface area contributed by atoms with Crippen LogP contribution in [0.15, 0.2) is 62.7 Å². The van der Waals surface area contributed by atoms with Crippen LogP contribution in [0.2, 0.25) is 0 Å². The Morgan fingerprint density at radius 1 is 1.00 bits per heavy atom. The molecular weight excluding hydrogens is 428 g/mol. The van der Waals surface area contributed by atoms with Gasteiger partial charge in [0.1, 0.15) is 11.5 Å². The molecule has 0 aliphatic heterocycles. The molecule has 1 amide bonds. The van der Waals surface area contributed by atoms with Crippen LogP contribution >= 0.6 is 0 Å². The van der Waals surface area contributed by atoms with E-state index < -0.39 is 26.4 Å². The molecule has 0 saturated carbocycles. The van der Waals surface area contributed by atoms with Gasteiger partial charge in [0.05, 0.1) is 24.0 Å². The highest BCUT2D eigenvalue weighted by molar-refractivity contribution is 7.89. The first kappa shape index (κ1) is 23.6. The number of carbonyl (C=O) groups is 1. The van der Waals surface area contributed by atoms with E-state index in [4.69, 9.17) is 9.47 Å². The summed E-state index contributed by atoms with van der Waals surface area (Å²) in [5.74, 6) is 1.13. The fourth-order valence-electron chi connectivity index (χ4n) is 2.45. The van der Waals surface area contributed by atoms with Gasteiger partial charge in [0.15, 0.2) is 11.0 Å². The second kappa shape index (κ2) is 9.86. The Kier molecular flexibility index (Phi) is 7.74. The Bertz CT molecular complexity index is 1020. The monoisotopic (exact) mass is 452 g/mol. The van der Waals surface area contributed by atoms with Crippen LogP contribution < -0.4 is 9.47 Å². The third-order valence-corrected chi connectivity index (χ3v) is 6.78. The van der Waals surface area contributed by atoms with Crippen molar-refractivity contribution in [2.24, 2.45) is 9.81 Å². The second-order valence-corrected chi connectivity index (χ2v) is 10.1. The van der Waals surface area contributed by atoms with Crippen LogP contribution in [0, 0.1) is 5.41 Å². The van der Waals surface area contributed by atoms with Crippen molar-refractivity contribution in [3.63, 3.8) is 0 Å². The van der Waals surface area contributed by atoms with Crippen molar-refractivity contribution in [1.82, 2.24) is 4.31 Å². The molecule has 30 heavy (non-hydrogen) atoms. The third kappa shape index (κ3) is 5.90. The molecule has 162 valence electrons. The molecule has 0 aliphatic carbocycles. The van der Waals surface area contributed by atoms with E-state index in [1.165, 1.54) is 44.7 Å². The lowest BCUT2D eigenvalue weighted by molar-refractivity contribution is -0.114. The first-order valence-corrected chi connectivity index (χ1v) is 11.4. The molecule has 0 spiro atoms. The van der Waals surface area contributed by atoms with Gasteiger partial charge in [0, 0.05) is 18.2 Å². The second-order valence-electron chi connectivity index (χ2n) is 6.98. The summed E-state index contributed by atoms with van der Waals surface area (Å²) in [7, 11) is -2.72. The van der Waals surface area contributed by atoms with Gasteiger partial charge in [-0.15, -0.1) is 0 Å². The number of hydrogen-bond donors (Lipinski definition) is 0. The van der Waals surface area contributed by atoms with Crippen molar-refractivity contribution >= 4 is 33.6 Å². The molecule has 2 aromatic carbocycles. The van der Waals surface area contributed by atoms with Crippen LogP contribution in [-0.4, -0.2) is 50.3 Å². The smallest absolute Gasteiger partial charge is 0.266 e. The number of nitrogens with zero attached hydrogens (tertiary/aromatic N) is 2. The summed E-state index contributed by atoms with van der Waals surface area (Å²) in [5, 5.41) is 0. The highest BCUT2D eigenvalue weighted by atomic mass is 32.2. The van der Waals surface area contributed by atoms with Gasteiger partial charge >= 0.3 is 0 Å². The van der Waals surface area contributed by atoms with Gasteiger partial charge in [-0.05, 0) is 48.5 Å². The van der Waals surface area contributed by atoms with Crippen LogP contribution in [-0.2, 0) is 25.8 Å². The molecule has 2 aromatic rings. The van der Waals surface area contributed by atoms with Crippen molar-refractivity contribution in [1.29, 1.82) is 0 Å². The molecule has 0 radical (unpaired) electrons. The van der Waals surface area contributed by atoms with E-state index in [2.05, 4.69) is 4.40 Å². The van der Waals surface area contributed by atoms with Crippen molar-refractivity contribution in [2.45, 2.75) is 23.6 Å². The minimum absolute atomic E-state index is 0.0371. The molecule has 0 bridgehead atoms. The van der Waals surface area contributed by atoms with E-state index in [0.29, 0.717) is 20.7 Å². The largest absolute Gasteiger partial charge is 0.497 e. The highest BCUT2D eigenvalue weighted by Crippen LogP contribution is 2.23. The number of ether oxygens (including phenoxy) is 2. The Balaban J connectivity index is 2.16. The summed E-state index contributed by atoms with van der Waals surface area (Å²) in [6, 6.07) is 12.3. The molecule has 2 rings (SSSR count). The standard InChI is InChI=1S/C20H24N2O6S2/c1-20(2,13-21-29(24)18-9-5-16(27-3)6-10-18)14-22(15-23)30(25,26)19-11-7-17(28-4)8-12-19/h5-13,15H,14H2,1-4H3/b21-13+. The van der Waals surface area contributed by atoms with Crippen molar-refractivity contribution in [3.05, 3.63) is 48.5 Å². The average molecular weight is 453 g/mol. The molecule has 8 nitrogen and oxygen atoms in total. The Morgan fingerprint density at radius 2 is 1.50 bits per heavy atom. The van der Waals surface area contributed by atoms with Crippen molar-refractivity contribution < 1.29 is 26.9 Å². The number of methoxy groups -OCH3 is 2. The summed E-state index contributed by atoms with van der Waals surface area (Å²) >= 11 is 0. The SMILES string of the molecule is COc1ccc(S(=O)/N=C/C(C)(C)CN(C=O)S(=O)(=O)c2ccc(OC)cc2)cc1. The van der Waals surface area contributed by atoms with Crippen LogP contribution in [0.3, 0.4) is 0 Å². The van der Waals surface area contributed by atoms with E-state index in [1.807, 2.05) is 0 Å². The molecule has 0 heterocycles. The summed E-state index contributed by atoms with van der Waals surface area (Å²) in [6.07, 6.45) is 1.66. The Labute approximate surface area is 179 Å². The lowest BCUT2D eigenvalue weighted by Crippen LogP contribution is -2.38. The van der Waals surface area contributed by atoms with Gasteiger partial charge in [-0.25, -0.2) is 16.9 Å². The summed E-state index contributed by atoms with van der Waals surface area (Å²) < 4.78 is 52.8. The molecule has 0 N–H and O–H groups in total. The quantitative estimate of drug-likeness (QED) is 0.406. The van der Waals surface area contributed by atoms with Crippen LogP contribution in [0.25, 0.3) is 0 Å². The normalized spacial score (nSPS) is 13.1. The molecule has 1 unspecified atom stereocenters. The number of sulfonamides is 1. The molecule has 0 saturated heterocycles. The minimum atomic E-state index is -4.05. The van der Waals surface area contributed by atoms with E-state index >= 15 is 0 Å². The van der Waals surface area contributed by atoms with Crippen LogP contribution in [0.4, 0.5) is 0 Å². The fourth-order valence-corrected chi connectivity index (χ4v) is 4.69. The zero-order valence-corrected chi connectivity index (χ0v) is 18.8. The summed E-state index contributed by atoms with van der Waals surface area (Å²) in [6.45, 7) is 3.22. The topological polar surface area (TPSA) is 102 Å². The number of carbonyl (C=O) groups excluding carboxylic acids is 1. The maximum atomic E-state index is 12.8. The fraction of sp³-hybridized carbons (Fsp3) is 0.300. The zero-order valence-electron chi connectivity index (χ0n) is 17.1.